The van der Waals surface area contributed by atoms with Crippen molar-refractivity contribution in [1.82, 2.24) is 0 Å². The molecule has 0 heterocycles. The molecule has 5 heteroatoms. The fourth-order valence-electron chi connectivity index (χ4n) is 3.23. The molecule has 4 nitrogen and oxygen atoms in total. The van der Waals surface area contributed by atoms with Crippen molar-refractivity contribution in [3.63, 3.8) is 0 Å². The van der Waals surface area contributed by atoms with Crippen molar-refractivity contribution in [3.8, 4) is 0 Å². The Hall–Kier alpha value is -2.66. The summed E-state index contributed by atoms with van der Waals surface area (Å²) in [5.74, 6) is -1.81. The minimum Gasteiger partial charge on any atom is -0.478 e. The van der Waals surface area contributed by atoms with E-state index in [1.807, 2.05) is 36.4 Å². The number of benzene rings is 2. The zero-order chi connectivity index (χ0) is 19.2. The van der Waals surface area contributed by atoms with Gasteiger partial charge in [-0.3, -0.25) is 0 Å². The average Bonchev–Trinajstić information content (AvgIpc) is 2.61. The average molecular weight is 369 g/mol. The van der Waals surface area contributed by atoms with Crippen LogP contribution in [0.5, 0.6) is 0 Å². The van der Waals surface area contributed by atoms with E-state index in [1.54, 1.807) is 0 Å². The van der Waals surface area contributed by atoms with Crippen molar-refractivity contribution < 1.29 is 19.4 Å². The maximum atomic E-state index is 12.0. The SMILES string of the molecule is CC(C)(C)[Si](COC(=O)C=CC(=O)O)(c1ccccc1)c1ccccc1. The third-order valence-electron chi connectivity index (χ3n) is 4.61. The molecule has 0 spiro atoms. The maximum absolute atomic E-state index is 12.0. The summed E-state index contributed by atoms with van der Waals surface area (Å²) in [6, 6.07) is 20.3. The van der Waals surface area contributed by atoms with E-state index in [4.69, 9.17) is 9.84 Å². The van der Waals surface area contributed by atoms with E-state index in [1.165, 1.54) is 10.4 Å². The lowest BCUT2D eigenvalue weighted by molar-refractivity contribution is -0.137. The topological polar surface area (TPSA) is 63.6 Å². The van der Waals surface area contributed by atoms with Crippen LogP contribution in [0.3, 0.4) is 0 Å². The van der Waals surface area contributed by atoms with Crippen molar-refractivity contribution >= 4 is 30.4 Å². The van der Waals surface area contributed by atoms with Crippen LogP contribution in [0, 0.1) is 0 Å². The molecule has 2 aromatic carbocycles. The first-order valence-electron chi connectivity index (χ1n) is 8.46. The molecule has 0 unspecified atom stereocenters. The van der Waals surface area contributed by atoms with E-state index in [0.29, 0.717) is 0 Å². The smallest absolute Gasteiger partial charge is 0.330 e. The van der Waals surface area contributed by atoms with Gasteiger partial charge in [0.05, 0.1) is 6.23 Å². The number of rotatable bonds is 6. The monoisotopic (exact) mass is 368 g/mol. The van der Waals surface area contributed by atoms with Crippen LogP contribution >= 0.6 is 0 Å². The predicted octanol–water partition coefficient (Wildman–Crippen LogP) is 2.77. The molecular formula is C21H24O4Si. The van der Waals surface area contributed by atoms with E-state index >= 15 is 0 Å². The molecule has 136 valence electrons. The largest absolute Gasteiger partial charge is 0.478 e. The number of esters is 1. The summed E-state index contributed by atoms with van der Waals surface area (Å²) in [5.41, 5.74) is 0. The highest BCUT2D eigenvalue weighted by Crippen LogP contribution is 2.36. The zero-order valence-corrected chi connectivity index (χ0v) is 16.3. The van der Waals surface area contributed by atoms with Crippen molar-refractivity contribution in [3.05, 3.63) is 72.8 Å². The summed E-state index contributed by atoms with van der Waals surface area (Å²) in [4.78, 5) is 22.7. The van der Waals surface area contributed by atoms with E-state index in [2.05, 4.69) is 45.0 Å². The second-order valence-electron chi connectivity index (χ2n) is 7.17. The van der Waals surface area contributed by atoms with Crippen molar-refractivity contribution in [2.45, 2.75) is 25.8 Å². The lowest BCUT2D eigenvalue weighted by Crippen LogP contribution is -2.67. The fourth-order valence-corrected chi connectivity index (χ4v) is 7.94. The van der Waals surface area contributed by atoms with Gasteiger partial charge in [-0.05, 0) is 15.4 Å². The first-order valence-corrected chi connectivity index (χ1v) is 10.7. The van der Waals surface area contributed by atoms with Gasteiger partial charge in [-0.2, -0.15) is 0 Å². The minimum atomic E-state index is -2.49. The van der Waals surface area contributed by atoms with Crippen LogP contribution < -0.4 is 10.4 Å². The van der Waals surface area contributed by atoms with E-state index in [9.17, 15) is 9.59 Å². The Kier molecular flexibility index (Phi) is 6.16. The number of carbonyl (C=O) groups is 2. The van der Waals surface area contributed by atoms with Crippen LogP contribution in [0.25, 0.3) is 0 Å². The summed E-state index contributed by atoms with van der Waals surface area (Å²) in [5, 5.41) is 10.9. The van der Waals surface area contributed by atoms with Gasteiger partial charge in [0, 0.05) is 12.2 Å². The highest BCUT2D eigenvalue weighted by Gasteiger charge is 2.48. The standard InChI is InChI=1S/C21H24O4Si/c1-21(2,3)26(17-10-6-4-7-11-17,18-12-8-5-9-13-18)16-25-20(24)15-14-19(22)23/h4-15H,16H2,1-3H3,(H,22,23). The molecule has 0 saturated carbocycles. The summed E-state index contributed by atoms with van der Waals surface area (Å²) in [6.45, 7) is 6.50. The lowest BCUT2D eigenvalue weighted by atomic mass is 10.2. The Bertz CT molecular complexity index is 737. The van der Waals surface area contributed by atoms with Crippen LogP contribution in [0.2, 0.25) is 5.04 Å². The van der Waals surface area contributed by atoms with Crippen molar-refractivity contribution in [2.24, 2.45) is 0 Å². The number of carbonyl (C=O) groups excluding carboxylic acids is 1. The quantitative estimate of drug-likeness (QED) is 0.484. The Balaban J connectivity index is 2.51. The molecule has 0 saturated heterocycles. The third-order valence-corrected chi connectivity index (χ3v) is 10.4. The van der Waals surface area contributed by atoms with E-state index < -0.39 is 20.0 Å². The molecule has 0 radical (unpaired) electrons. The molecule has 0 fully saturated rings. The number of carboxylic acid groups (broad SMARTS) is 1. The number of ether oxygens (including phenoxy) is 1. The first-order chi connectivity index (χ1) is 12.3. The molecular weight excluding hydrogens is 344 g/mol. The van der Waals surface area contributed by atoms with Gasteiger partial charge >= 0.3 is 11.9 Å². The van der Waals surface area contributed by atoms with E-state index in [0.717, 1.165) is 12.2 Å². The Labute approximate surface area is 155 Å². The molecule has 0 atom stereocenters. The highest BCUT2D eigenvalue weighted by molar-refractivity contribution is 7.04. The van der Waals surface area contributed by atoms with Crippen LogP contribution in [0.1, 0.15) is 20.8 Å². The maximum Gasteiger partial charge on any atom is 0.330 e. The third kappa shape index (κ3) is 4.29. The number of hydrogen-bond donors (Lipinski definition) is 1. The molecule has 0 aromatic heterocycles. The first kappa shape index (κ1) is 19.7. The molecule has 0 aliphatic carbocycles. The van der Waals surface area contributed by atoms with Crippen molar-refractivity contribution in [1.29, 1.82) is 0 Å². The number of aliphatic carboxylic acids is 1. The summed E-state index contributed by atoms with van der Waals surface area (Å²) in [6.07, 6.45) is 2.00. The molecule has 0 aliphatic rings. The second kappa shape index (κ2) is 8.14. The normalized spacial score (nSPS) is 12.1. The molecule has 0 bridgehead atoms. The molecule has 2 aromatic rings. The van der Waals surface area contributed by atoms with Gasteiger partial charge < -0.3 is 9.84 Å². The fraction of sp³-hybridized carbons (Fsp3) is 0.238. The number of hydrogen-bond acceptors (Lipinski definition) is 3. The van der Waals surface area contributed by atoms with Crippen LogP contribution in [-0.2, 0) is 14.3 Å². The number of carboxylic acids is 1. The van der Waals surface area contributed by atoms with Gasteiger partial charge in [0.15, 0.2) is 8.07 Å². The minimum absolute atomic E-state index is 0.132. The molecule has 1 N–H and O–H groups in total. The summed E-state index contributed by atoms with van der Waals surface area (Å²) < 4.78 is 5.57. The highest BCUT2D eigenvalue weighted by atomic mass is 28.3. The Morgan fingerprint density at radius 1 is 0.923 bits per heavy atom. The van der Waals surface area contributed by atoms with Gasteiger partial charge in [0.2, 0.25) is 0 Å². The van der Waals surface area contributed by atoms with Gasteiger partial charge in [0.25, 0.3) is 0 Å². The molecule has 26 heavy (non-hydrogen) atoms. The summed E-state index contributed by atoms with van der Waals surface area (Å²) >= 11 is 0. The lowest BCUT2D eigenvalue weighted by Gasteiger charge is -2.43. The van der Waals surface area contributed by atoms with Gasteiger partial charge in [-0.1, -0.05) is 81.4 Å². The summed E-state index contributed by atoms with van der Waals surface area (Å²) in [7, 11) is -2.49. The molecule has 0 amide bonds. The van der Waals surface area contributed by atoms with Crippen molar-refractivity contribution in [2.75, 3.05) is 6.23 Å². The zero-order valence-electron chi connectivity index (χ0n) is 15.3. The van der Waals surface area contributed by atoms with E-state index in [-0.39, 0.29) is 11.3 Å². The van der Waals surface area contributed by atoms with Gasteiger partial charge in [-0.25, -0.2) is 9.59 Å². The van der Waals surface area contributed by atoms with Crippen LogP contribution in [0.4, 0.5) is 0 Å². The van der Waals surface area contributed by atoms with Gasteiger partial charge in [0.1, 0.15) is 0 Å². The Morgan fingerprint density at radius 2 is 1.38 bits per heavy atom. The van der Waals surface area contributed by atoms with Crippen LogP contribution in [0.15, 0.2) is 72.8 Å². The predicted molar refractivity (Wildman–Crippen MR) is 105 cm³/mol. The van der Waals surface area contributed by atoms with Crippen LogP contribution in [-0.4, -0.2) is 31.3 Å². The second-order valence-corrected chi connectivity index (χ2v) is 11.9. The molecule has 0 aliphatic heterocycles. The molecule has 2 rings (SSSR count). The van der Waals surface area contributed by atoms with Gasteiger partial charge in [-0.15, -0.1) is 0 Å². The Morgan fingerprint density at radius 3 is 1.77 bits per heavy atom.